The van der Waals surface area contributed by atoms with E-state index in [2.05, 4.69) is 67.3 Å². The zero-order valence-electron chi connectivity index (χ0n) is 20.1. The number of aromatic hydroxyl groups is 1. The second-order valence-corrected chi connectivity index (χ2v) is 8.84. The van der Waals surface area contributed by atoms with Gasteiger partial charge in [0.2, 0.25) is 0 Å². The molecule has 0 heterocycles. The lowest BCUT2D eigenvalue weighted by Crippen LogP contribution is -2.24. The number of hydrogen-bond donors (Lipinski definition) is 1. The Morgan fingerprint density at radius 1 is 0.758 bits per heavy atom. The van der Waals surface area contributed by atoms with Crippen LogP contribution >= 0.6 is 0 Å². The van der Waals surface area contributed by atoms with E-state index in [9.17, 15) is 9.90 Å². The molecule has 3 heteroatoms. The van der Waals surface area contributed by atoms with Crippen molar-refractivity contribution in [1.29, 1.82) is 0 Å². The number of rotatable bonds is 13. The molecule has 0 aliphatic rings. The van der Waals surface area contributed by atoms with Gasteiger partial charge >= 0.3 is 0 Å². The van der Waals surface area contributed by atoms with Crippen molar-refractivity contribution in [3.8, 4) is 16.9 Å². The number of carbonyl (C=O) groups excluding carboxylic acids is 1. The Balaban J connectivity index is 1.72. The number of nitrogens with zero attached hydrogens (tertiary/aromatic N) is 1. The number of aldehydes is 1. The van der Waals surface area contributed by atoms with Gasteiger partial charge in [0, 0.05) is 24.8 Å². The molecule has 0 aliphatic carbocycles. The highest BCUT2D eigenvalue weighted by Crippen LogP contribution is 2.27. The van der Waals surface area contributed by atoms with Crippen molar-refractivity contribution >= 4 is 12.0 Å². The van der Waals surface area contributed by atoms with Gasteiger partial charge in [0.05, 0.1) is 5.56 Å². The molecular weight excluding hydrogens is 406 g/mol. The zero-order valence-corrected chi connectivity index (χ0v) is 20.1. The summed E-state index contributed by atoms with van der Waals surface area (Å²) in [7, 11) is 0. The molecule has 0 amide bonds. The predicted molar refractivity (Wildman–Crippen MR) is 139 cm³/mol. The number of carbonyl (C=O) groups is 1. The summed E-state index contributed by atoms with van der Waals surface area (Å²) >= 11 is 0. The standard InChI is InChI=1S/C30H37NO2/c1-3-5-7-8-20-31(29-19-18-28(23-32)30(33)21-29)22-25-12-16-27(17-13-25)26-14-10-24(11-15-26)9-6-4-2/h10-19,21,23,33H,3-9,20,22H2,1-2H3. The lowest BCUT2D eigenvalue weighted by atomic mass is 10.0. The summed E-state index contributed by atoms with van der Waals surface area (Å²) < 4.78 is 0. The lowest BCUT2D eigenvalue weighted by Gasteiger charge is -2.25. The van der Waals surface area contributed by atoms with Crippen LogP contribution in [0.3, 0.4) is 0 Å². The van der Waals surface area contributed by atoms with E-state index in [0.29, 0.717) is 11.8 Å². The summed E-state index contributed by atoms with van der Waals surface area (Å²) in [6.45, 7) is 6.13. The largest absolute Gasteiger partial charge is 0.507 e. The normalized spacial score (nSPS) is 10.8. The molecule has 0 bridgehead atoms. The van der Waals surface area contributed by atoms with Crippen LogP contribution in [0.4, 0.5) is 5.69 Å². The van der Waals surface area contributed by atoms with Crippen molar-refractivity contribution in [3.63, 3.8) is 0 Å². The van der Waals surface area contributed by atoms with E-state index in [1.165, 1.54) is 54.4 Å². The maximum Gasteiger partial charge on any atom is 0.153 e. The Hall–Kier alpha value is -3.07. The molecule has 1 N–H and O–H groups in total. The highest BCUT2D eigenvalue weighted by Gasteiger charge is 2.11. The van der Waals surface area contributed by atoms with Crippen LogP contribution in [-0.4, -0.2) is 17.9 Å². The van der Waals surface area contributed by atoms with Gasteiger partial charge in [-0.2, -0.15) is 0 Å². The van der Waals surface area contributed by atoms with E-state index in [1.807, 2.05) is 6.07 Å². The fourth-order valence-corrected chi connectivity index (χ4v) is 4.13. The van der Waals surface area contributed by atoms with Gasteiger partial charge in [0.1, 0.15) is 5.75 Å². The van der Waals surface area contributed by atoms with Crippen LogP contribution in [0.1, 0.15) is 73.9 Å². The first-order chi connectivity index (χ1) is 16.1. The van der Waals surface area contributed by atoms with Crippen LogP contribution in [-0.2, 0) is 13.0 Å². The van der Waals surface area contributed by atoms with Gasteiger partial charge in [0.25, 0.3) is 0 Å². The predicted octanol–water partition coefficient (Wildman–Crippen LogP) is 7.80. The molecule has 0 aromatic heterocycles. The summed E-state index contributed by atoms with van der Waals surface area (Å²) in [4.78, 5) is 13.4. The third-order valence-corrected chi connectivity index (χ3v) is 6.22. The molecule has 3 nitrogen and oxygen atoms in total. The molecule has 0 saturated heterocycles. The van der Waals surface area contributed by atoms with E-state index in [0.717, 1.165) is 31.6 Å². The quantitative estimate of drug-likeness (QED) is 0.216. The summed E-state index contributed by atoms with van der Waals surface area (Å²) in [5.74, 6) is 0.0405. The molecule has 3 aromatic carbocycles. The molecule has 0 unspecified atom stereocenters. The number of benzene rings is 3. The molecule has 33 heavy (non-hydrogen) atoms. The molecule has 0 aliphatic heterocycles. The van der Waals surface area contributed by atoms with E-state index < -0.39 is 0 Å². The van der Waals surface area contributed by atoms with Gasteiger partial charge in [0.15, 0.2) is 6.29 Å². The fourth-order valence-electron chi connectivity index (χ4n) is 4.13. The lowest BCUT2D eigenvalue weighted by molar-refractivity contribution is 0.112. The Kier molecular flexibility index (Phi) is 9.56. The molecule has 174 valence electrons. The van der Waals surface area contributed by atoms with Crippen LogP contribution < -0.4 is 4.90 Å². The van der Waals surface area contributed by atoms with Gasteiger partial charge < -0.3 is 10.0 Å². The summed E-state index contributed by atoms with van der Waals surface area (Å²) in [5.41, 5.74) is 6.37. The summed E-state index contributed by atoms with van der Waals surface area (Å²) in [6.07, 6.45) is 9.03. The van der Waals surface area contributed by atoms with Gasteiger partial charge in [-0.3, -0.25) is 4.79 Å². The van der Waals surface area contributed by atoms with Crippen molar-refractivity contribution in [1.82, 2.24) is 0 Å². The number of unbranched alkanes of at least 4 members (excludes halogenated alkanes) is 4. The van der Waals surface area contributed by atoms with E-state index in [-0.39, 0.29) is 5.75 Å². The molecule has 0 saturated carbocycles. The van der Waals surface area contributed by atoms with E-state index in [4.69, 9.17) is 0 Å². The molecule has 0 fully saturated rings. The average Bonchev–Trinajstić information content (AvgIpc) is 2.85. The fraction of sp³-hybridized carbons (Fsp3) is 0.367. The highest BCUT2D eigenvalue weighted by molar-refractivity contribution is 5.80. The number of phenols is 1. The minimum Gasteiger partial charge on any atom is -0.507 e. The van der Waals surface area contributed by atoms with Gasteiger partial charge in [-0.25, -0.2) is 0 Å². The number of phenolic OH excluding ortho intramolecular Hbond substituents is 1. The highest BCUT2D eigenvalue weighted by atomic mass is 16.3. The van der Waals surface area contributed by atoms with Gasteiger partial charge in [-0.05, 0) is 53.6 Å². The molecule has 3 aromatic rings. The second kappa shape index (κ2) is 12.8. The topological polar surface area (TPSA) is 40.5 Å². The van der Waals surface area contributed by atoms with Crippen molar-refractivity contribution in [2.45, 2.75) is 65.3 Å². The van der Waals surface area contributed by atoms with E-state index in [1.54, 1.807) is 12.1 Å². The Bertz CT molecular complexity index is 993. The van der Waals surface area contributed by atoms with Crippen molar-refractivity contribution in [2.24, 2.45) is 0 Å². The Morgan fingerprint density at radius 3 is 1.97 bits per heavy atom. The minimum atomic E-state index is 0.0405. The van der Waals surface area contributed by atoms with E-state index >= 15 is 0 Å². The van der Waals surface area contributed by atoms with Crippen LogP contribution in [0.2, 0.25) is 0 Å². The number of hydrogen-bond acceptors (Lipinski definition) is 3. The first kappa shape index (κ1) is 24.6. The van der Waals surface area contributed by atoms with Gasteiger partial charge in [-0.1, -0.05) is 88.1 Å². The Morgan fingerprint density at radius 2 is 1.39 bits per heavy atom. The van der Waals surface area contributed by atoms with Crippen LogP contribution in [0, 0.1) is 0 Å². The maximum absolute atomic E-state index is 11.1. The van der Waals surface area contributed by atoms with Crippen molar-refractivity contribution in [2.75, 3.05) is 11.4 Å². The molecular formula is C30H37NO2. The zero-order chi connectivity index (χ0) is 23.5. The van der Waals surface area contributed by atoms with Crippen LogP contribution in [0.15, 0.2) is 66.7 Å². The molecule has 0 spiro atoms. The molecule has 0 radical (unpaired) electrons. The molecule has 3 rings (SSSR count). The third kappa shape index (κ3) is 7.21. The third-order valence-electron chi connectivity index (χ3n) is 6.22. The van der Waals surface area contributed by atoms with Crippen LogP contribution in [0.5, 0.6) is 5.75 Å². The first-order valence-electron chi connectivity index (χ1n) is 12.4. The number of anilines is 1. The maximum atomic E-state index is 11.1. The van der Waals surface area contributed by atoms with Crippen LogP contribution in [0.25, 0.3) is 11.1 Å². The first-order valence-corrected chi connectivity index (χ1v) is 12.4. The SMILES string of the molecule is CCCCCCN(Cc1ccc(-c2ccc(CCCC)cc2)cc1)c1ccc(C=O)c(O)c1. The average molecular weight is 444 g/mol. The Labute approximate surface area is 199 Å². The number of aryl methyl sites for hydroxylation is 1. The summed E-state index contributed by atoms with van der Waals surface area (Å²) in [5, 5.41) is 10.2. The van der Waals surface area contributed by atoms with Crippen molar-refractivity contribution in [3.05, 3.63) is 83.4 Å². The smallest absolute Gasteiger partial charge is 0.153 e. The second-order valence-electron chi connectivity index (χ2n) is 8.84. The summed E-state index contributed by atoms with van der Waals surface area (Å²) in [6, 6.07) is 23.0. The minimum absolute atomic E-state index is 0.0405. The van der Waals surface area contributed by atoms with Gasteiger partial charge in [-0.15, -0.1) is 0 Å². The molecule has 0 atom stereocenters. The monoisotopic (exact) mass is 443 g/mol. The van der Waals surface area contributed by atoms with Crippen molar-refractivity contribution < 1.29 is 9.90 Å².